The first-order chi connectivity index (χ1) is 9.10. The van der Waals surface area contributed by atoms with Gasteiger partial charge in [-0.25, -0.2) is 0 Å². The molecular weight excluding hydrogens is 242 g/mol. The fourth-order valence-corrected chi connectivity index (χ4v) is 3.42. The van der Waals surface area contributed by atoms with Crippen molar-refractivity contribution in [2.75, 3.05) is 13.1 Å². The van der Waals surface area contributed by atoms with Crippen molar-refractivity contribution in [2.45, 2.75) is 19.8 Å². The van der Waals surface area contributed by atoms with E-state index in [1.165, 1.54) is 0 Å². The number of carbonyl (C=O) groups excluding carboxylic acids is 1. The van der Waals surface area contributed by atoms with Gasteiger partial charge in [0.15, 0.2) is 0 Å². The summed E-state index contributed by atoms with van der Waals surface area (Å²) in [7, 11) is 0. The molecule has 0 aromatic carbocycles. The van der Waals surface area contributed by atoms with E-state index < -0.39 is 11.9 Å². The third-order valence-electron chi connectivity index (χ3n) is 4.18. The molecule has 4 unspecified atom stereocenters. The van der Waals surface area contributed by atoms with Gasteiger partial charge in [0.1, 0.15) is 0 Å². The minimum Gasteiger partial charge on any atom is -0.481 e. The fourth-order valence-electron chi connectivity index (χ4n) is 3.42. The van der Waals surface area contributed by atoms with E-state index >= 15 is 0 Å². The van der Waals surface area contributed by atoms with Gasteiger partial charge >= 0.3 is 5.97 Å². The topological polar surface area (TPSA) is 57.6 Å². The number of fused-ring (bicyclic) bond motifs is 2. The Kier molecular flexibility index (Phi) is 4.08. The number of carboxylic acid groups (broad SMARTS) is 1. The summed E-state index contributed by atoms with van der Waals surface area (Å²) in [6.07, 6.45) is 7.36. The number of rotatable bonds is 6. The van der Waals surface area contributed by atoms with Gasteiger partial charge in [-0.2, -0.15) is 0 Å². The van der Waals surface area contributed by atoms with E-state index in [9.17, 15) is 14.7 Å². The van der Waals surface area contributed by atoms with E-state index in [1.54, 1.807) is 11.0 Å². The van der Waals surface area contributed by atoms with Crippen molar-refractivity contribution in [3.05, 3.63) is 24.8 Å². The zero-order valence-electron chi connectivity index (χ0n) is 11.3. The lowest BCUT2D eigenvalue weighted by atomic mass is 9.82. The van der Waals surface area contributed by atoms with Crippen LogP contribution in [0.5, 0.6) is 0 Å². The van der Waals surface area contributed by atoms with Crippen LogP contribution in [0.4, 0.5) is 0 Å². The Bertz CT molecular complexity index is 416. The Hall–Kier alpha value is -1.58. The smallest absolute Gasteiger partial charge is 0.307 e. The molecule has 1 amide bonds. The summed E-state index contributed by atoms with van der Waals surface area (Å²) < 4.78 is 0. The van der Waals surface area contributed by atoms with Gasteiger partial charge in [-0.15, -0.1) is 6.58 Å². The van der Waals surface area contributed by atoms with E-state index in [4.69, 9.17) is 0 Å². The Balaban J connectivity index is 2.18. The highest BCUT2D eigenvalue weighted by Gasteiger charge is 2.52. The van der Waals surface area contributed by atoms with E-state index in [1.807, 2.05) is 19.1 Å². The predicted octanol–water partition coefficient (Wildman–Crippen LogP) is 1.93. The molecule has 4 nitrogen and oxygen atoms in total. The maximum absolute atomic E-state index is 12.6. The average Bonchev–Trinajstić information content (AvgIpc) is 2.97. The molecule has 19 heavy (non-hydrogen) atoms. The van der Waals surface area contributed by atoms with Gasteiger partial charge in [0.05, 0.1) is 11.8 Å². The molecule has 0 heterocycles. The Morgan fingerprint density at radius 1 is 1.37 bits per heavy atom. The van der Waals surface area contributed by atoms with E-state index in [0.717, 1.165) is 12.8 Å². The van der Waals surface area contributed by atoms with Crippen molar-refractivity contribution in [3.8, 4) is 0 Å². The van der Waals surface area contributed by atoms with Crippen molar-refractivity contribution >= 4 is 11.9 Å². The molecule has 0 spiro atoms. The van der Waals surface area contributed by atoms with Crippen LogP contribution >= 0.6 is 0 Å². The first-order valence-corrected chi connectivity index (χ1v) is 6.91. The van der Waals surface area contributed by atoms with Crippen molar-refractivity contribution < 1.29 is 14.7 Å². The number of aliphatic carboxylic acids is 1. The summed E-state index contributed by atoms with van der Waals surface area (Å²) >= 11 is 0. The number of amides is 1. The molecule has 1 N–H and O–H groups in total. The highest BCUT2D eigenvalue weighted by molar-refractivity contribution is 5.87. The minimum absolute atomic E-state index is 0.0222. The standard InChI is InChI=1S/C15H21NO3/c1-3-7-16(8-4-2)14(17)12-10-5-6-11(9-10)13(12)15(18)19/h3,5-6,10-13H,1,4,7-9H2,2H3,(H,18,19). The monoisotopic (exact) mass is 263 g/mol. The van der Waals surface area contributed by atoms with Crippen molar-refractivity contribution in [3.63, 3.8) is 0 Å². The number of nitrogens with zero attached hydrogens (tertiary/aromatic N) is 1. The lowest BCUT2D eigenvalue weighted by molar-refractivity contribution is -0.150. The summed E-state index contributed by atoms with van der Waals surface area (Å²) in [4.78, 5) is 25.8. The molecule has 4 atom stereocenters. The van der Waals surface area contributed by atoms with Gasteiger partial charge in [-0.3, -0.25) is 9.59 Å². The highest BCUT2D eigenvalue weighted by atomic mass is 16.4. The Labute approximate surface area is 113 Å². The Morgan fingerprint density at radius 2 is 2.00 bits per heavy atom. The van der Waals surface area contributed by atoms with Crippen LogP contribution in [-0.4, -0.2) is 35.0 Å². The molecule has 0 saturated heterocycles. The molecule has 0 aromatic rings. The van der Waals surface area contributed by atoms with E-state index in [2.05, 4.69) is 6.58 Å². The van der Waals surface area contributed by atoms with Crippen LogP contribution in [0.15, 0.2) is 24.8 Å². The number of carbonyl (C=O) groups is 2. The zero-order valence-corrected chi connectivity index (χ0v) is 11.3. The summed E-state index contributed by atoms with van der Waals surface area (Å²) in [5.74, 6) is -1.67. The van der Waals surface area contributed by atoms with Gasteiger partial charge in [0, 0.05) is 13.1 Å². The maximum atomic E-state index is 12.6. The summed E-state index contributed by atoms with van der Waals surface area (Å²) in [6.45, 7) is 6.84. The summed E-state index contributed by atoms with van der Waals surface area (Å²) in [5.41, 5.74) is 0. The molecule has 2 bridgehead atoms. The van der Waals surface area contributed by atoms with Gasteiger partial charge < -0.3 is 10.0 Å². The van der Waals surface area contributed by atoms with Gasteiger partial charge in [0.2, 0.25) is 5.91 Å². The quantitative estimate of drug-likeness (QED) is 0.745. The predicted molar refractivity (Wildman–Crippen MR) is 72.4 cm³/mol. The van der Waals surface area contributed by atoms with Crippen LogP contribution in [0, 0.1) is 23.7 Å². The van der Waals surface area contributed by atoms with Gasteiger partial charge in [-0.1, -0.05) is 25.2 Å². The van der Waals surface area contributed by atoms with Crippen molar-refractivity contribution in [1.82, 2.24) is 4.90 Å². The van der Waals surface area contributed by atoms with Crippen molar-refractivity contribution in [1.29, 1.82) is 0 Å². The zero-order chi connectivity index (χ0) is 14.0. The third-order valence-corrected chi connectivity index (χ3v) is 4.18. The minimum atomic E-state index is -0.842. The molecule has 104 valence electrons. The second-order valence-electron chi connectivity index (χ2n) is 5.41. The van der Waals surface area contributed by atoms with Crippen LogP contribution in [0.25, 0.3) is 0 Å². The molecule has 1 saturated carbocycles. The molecule has 1 fully saturated rings. The van der Waals surface area contributed by atoms with Crippen LogP contribution in [0.2, 0.25) is 0 Å². The number of hydrogen-bond donors (Lipinski definition) is 1. The highest BCUT2D eigenvalue weighted by Crippen LogP contribution is 2.48. The maximum Gasteiger partial charge on any atom is 0.307 e. The summed E-state index contributed by atoms with van der Waals surface area (Å²) in [6, 6.07) is 0. The first-order valence-electron chi connectivity index (χ1n) is 6.91. The molecular formula is C15H21NO3. The summed E-state index contributed by atoms with van der Waals surface area (Å²) in [5, 5.41) is 9.37. The van der Waals surface area contributed by atoms with Crippen LogP contribution in [0.3, 0.4) is 0 Å². The van der Waals surface area contributed by atoms with Crippen LogP contribution in [0.1, 0.15) is 19.8 Å². The van der Waals surface area contributed by atoms with Crippen LogP contribution in [-0.2, 0) is 9.59 Å². The first kappa shape index (κ1) is 13.8. The molecule has 2 aliphatic carbocycles. The largest absolute Gasteiger partial charge is 0.481 e. The van der Waals surface area contributed by atoms with Gasteiger partial charge in [0.25, 0.3) is 0 Å². The Morgan fingerprint density at radius 3 is 2.53 bits per heavy atom. The van der Waals surface area contributed by atoms with Crippen molar-refractivity contribution in [2.24, 2.45) is 23.7 Å². The molecule has 2 rings (SSSR count). The molecule has 0 aromatic heterocycles. The average molecular weight is 263 g/mol. The molecule has 2 aliphatic rings. The van der Waals surface area contributed by atoms with Crippen LogP contribution < -0.4 is 0 Å². The van der Waals surface area contributed by atoms with E-state index in [0.29, 0.717) is 13.1 Å². The molecule has 0 aliphatic heterocycles. The molecule has 0 radical (unpaired) electrons. The second-order valence-corrected chi connectivity index (χ2v) is 5.41. The van der Waals surface area contributed by atoms with Gasteiger partial charge in [-0.05, 0) is 24.7 Å². The fraction of sp³-hybridized carbons (Fsp3) is 0.600. The number of hydrogen-bond acceptors (Lipinski definition) is 2. The third kappa shape index (κ3) is 2.44. The van der Waals surface area contributed by atoms with E-state index in [-0.39, 0.29) is 23.7 Å². The lowest BCUT2D eigenvalue weighted by Gasteiger charge is -2.30. The lowest BCUT2D eigenvalue weighted by Crippen LogP contribution is -2.43. The normalized spacial score (nSPS) is 31.4. The second kappa shape index (κ2) is 5.59. The molecule has 4 heteroatoms. The SMILES string of the molecule is C=CCN(CCC)C(=O)C1C2C=CC(C2)C1C(=O)O. The number of allylic oxidation sites excluding steroid dienone is 2. The number of carboxylic acids is 1.